The highest BCUT2D eigenvalue weighted by Gasteiger charge is 2.44. The molecule has 1 aliphatic heterocycles. The van der Waals surface area contributed by atoms with E-state index >= 15 is 0 Å². The molecule has 1 aromatic carbocycles. The molecule has 0 radical (unpaired) electrons. The summed E-state index contributed by atoms with van der Waals surface area (Å²) in [6.07, 6.45) is -4.93. The molecule has 0 atom stereocenters. The van der Waals surface area contributed by atoms with E-state index in [-0.39, 0.29) is 24.7 Å². The van der Waals surface area contributed by atoms with Crippen molar-refractivity contribution in [2.45, 2.75) is 13.1 Å². The van der Waals surface area contributed by atoms with E-state index in [0.29, 0.717) is 10.6 Å². The van der Waals surface area contributed by atoms with Crippen LogP contribution in [0.4, 0.5) is 24.5 Å². The number of hydrogen-bond donors (Lipinski definition) is 0. The van der Waals surface area contributed by atoms with Crippen molar-refractivity contribution in [3.8, 4) is 0 Å². The zero-order valence-electron chi connectivity index (χ0n) is 10.1. The standard InChI is InChI=1S/C12H11F3N2O2/c1-8(18)16-6-7-17(11(19)12(13,14)15)10-5-3-2-4-9(10)16/h2-5H,6-7H2,1H3. The van der Waals surface area contributed by atoms with E-state index in [1.54, 1.807) is 6.07 Å². The second-order valence-corrected chi connectivity index (χ2v) is 4.11. The lowest BCUT2D eigenvalue weighted by atomic mass is 10.1. The van der Waals surface area contributed by atoms with Gasteiger partial charge in [0.05, 0.1) is 11.4 Å². The van der Waals surface area contributed by atoms with E-state index in [0.717, 1.165) is 0 Å². The Morgan fingerprint density at radius 3 is 2.00 bits per heavy atom. The van der Waals surface area contributed by atoms with Gasteiger partial charge in [-0.15, -0.1) is 0 Å². The molecule has 1 aliphatic rings. The first-order valence-corrected chi connectivity index (χ1v) is 5.58. The molecule has 0 unspecified atom stereocenters. The fourth-order valence-corrected chi connectivity index (χ4v) is 2.05. The first-order chi connectivity index (χ1) is 8.82. The number of carbonyl (C=O) groups is 2. The topological polar surface area (TPSA) is 40.6 Å². The number of carbonyl (C=O) groups excluding carboxylic acids is 2. The van der Waals surface area contributed by atoms with Crippen LogP contribution in [0.3, 0.4) is 0 Å². The lowest BCUT2D eigenvalue weighted by Gasteiger charge is -2.36. The Morgan fingerprint density at radius 1 is 1.05 bits per heavy atom. The van der Waals surface area contributed by atoms with Gasteiger partial charge < -0.3 is 9.80 Å². The Hall–Kier alpha value is -2.05. The molecule has 0 saturated heterocycles. The van der Waals surface area contributed by atoms with Gasteiger partial charge in [0.1, 0.15) is 0 Å². The maximum atomic E-state index is 12.5. The molecule has 19 heavy (non-hydrogen) atoms. The molecule has 0 N–H and O–H groups in total. The molecular formula is C12H11F3N2O2. The summed E-state index contributed by atoms with van der Waals surface area (Å²) in [6.45, 7) is 1.21. The molecule has 0 spiro atoms. The second-order valence-electron chi connectivity index (χ2n) is 4.11. The quantitative estimate of drug-likeness (QED) is 0.724. The summed E-state index contributed by atoms with van der Waals surface area (Å²) in [6, 6.07) is 6.05. The molecule has 0 bridgehead atoms. The summed E-state index contributed by atoms with van der Waals surface area (Å²) in [5.74, 6) is -2.19. The van der Waals surface area contributed by atoms with Gasteiger partial charge in [-0.2, -0.15) is 13.2 Å². The normalized spacial score (nSPS) is 15.2. The van der Waals surface area contributed by atoms with E-state index in [9.17, 15) is 22.8 Å². The number of benzene rings is 1. The number of rotatable bonds is 0. The predicted molar refractivity (Wildman–Crippen MR) is 62.9 cm³/mol. The van der Waals surface area contributed by atoms with E-state index in [2.05, 4.69) is 0 Å². The van der Waals surface area contributed by atoms with Crippen molar-refractivity contribution in [2.24, 2.45) is 0 Å². The monoisotopic (exact) mass is 272 g/mol. The molecule has 1 heterocycles. The van der Waals surface area contributed by atoms with Gasteiger partial charge in [0.2, 0.25) is 5.91 Å². The van der Waals surface area contributed by atoms with E-state index in [4.69, 9.17) is 0 Å². The molecule has 2 rings (SSSR count). The minimum absolute atomic E-state index is 0.0498. The average molecular weight is 272 g/mol. The first kappa shape index (κ1) is 13.4. The van der Waals surface area contributed by atoms with Gasteiger partial charge in [0.15, 0.2) is 0 Å². The Kier molecular flexibility index (Phi) is 3.21. The minimum Gasteiger partial charge on any atom is -0.309 e. The molecule has 0 fully saturated rings. The van der Waals surface area contributed by atoms with Crippen molar-refractivity contribution in [2.75, 3.05) is 22.9 Å². The van der Waals surface area contributed by atoms with Crippen molar-refractivity contribution in [1.82, 2.24) is 0 Å². The Bertz CT molecular complexity index is 528. The van der Waals surface area contributed by atoms with E-state index in [1.807, 2.05) is 0 Å². The Morgan fingerprint density at radius 2 is 1.53 bits per heavy atom. The van der Waals surface area contributed by atoms with Crippen LogP contribution in [0.15, 0.2) is 24.3 Å². The number of fused-ring (bicyclic) bond motifs is 1. The van der Waals surface area contributed by atoms with Gasteiger partial charge in [-0.1, -0.05) is 12.1 Å². The highest BCUT2D eigenvalue weighted by Crippen LogP contribution is 2.35. The molecule has 0 aliphatic carbocycles. The summed E-state index contributed by atoms with van der Waals surface area (Å²) in [5, 5.41) is 0. The third-order valence-electron chi connectivity index (χ3n) is 2.88. The number of anilines is 2. The van der Waals surface area contributed by atoms with Crippen LogP contribution in [-0.4, -0.2) is 31.1 Å². The van der Waals surface area contributed by atoms with Crippen LogP contribution < -0.4 is 9.80 Å². The van der Waals surface area contributed by atoms with Crippen LogP contribution in [-0.2, 0) is 9.59 Å². The molecule has 0 saturated carbocycles. The lowest BCUT2D eigenvalue weighted by molar-refractivity contribution is -0.170. The van der Waals surface area contributed by atoms with Crippen LogP contribution in [0.2, 0.25) is 0 Å². The average Bonchev–Trinajstić information content (AvgIpc) is 2.35. The maximum Gasteiger partial charge on any atom is 0.471 e. The fraction of sp³-hybridized carbons (Fsp3) is 0.333. The Balaban J connectivity index is 2.44. The molecule has 2 amide bonds. The van der Waals surface area contributed by atoms with Crippen molar-refractivity contribution < 1.29 is 22.8 Å². The number of alkyl halides is 3. The minimum atomic E-state index is -4.93. The van der Waals surface area contributed by atoms with Gasteiger partial charge in [0, 0.05) is 20.0 Å². The van der Waals surface area contributed by atoms with Gasteiger partial charge >= 0.3 is 12.1 Å². The van der Waals surface area contributed by atoms with Crippen LogP contribution in [0.1, 0.15) is 6.92 Å². The fourth-order valence-electron chi connectivity index (χ4n) is 2.05. The summed E-state index contributed by atoms with van der Waals surface area (Å²) in [5.41, 5.74) is 0.421. The van der Waals surface area contributed by atoms with Crippen LogP contribution in [0.5, 0.6) is 0 Å². The smallest absolute Gasteiger partial charge is 0.309 e. The van der Waals surface area contributed by atoms with Crippen molar-refractivity contribution >= 4 is 23.2 Å². The number of para-hydroxylation sites is 2. The summed E-state index contributed by atoms with van der Waals surface area (Å²) in [4.78, 5) is 24.8. The van der Waals surface area contributed by atoms with Crippen LogP contribution in [0, 0.1) is 0 Å². The zero-order chi connectivity index (χ0) is 14.2. The Labute approximate surface area is 107 Å². The summed E-state index contributed by atoms with van der Waals surface area (Å²) >= 11 is 0. The number of nitrogens with zero attached hydrogens (tertiary/aromatic N) is 2. The van der Waals surface area contributed by atoms with Crippen molar-refractivity contribution in [3.63, 3.8) is 0 Å². The maximum absolute atomic E-state index is 12.5. The van der Waals surface area contributed by atoms with Crippen molar-refractivity contribution in [1.29, 1.82) is 0 Å². The highest BCUT2D eigenvalue weighted by atomic mass is 19.4. The van der Waals surface area contributed by atoms with Crippen LogP contribution in [0.25, 0.3) is 0 Å². The largest absolute Gasteiger partial charge is 0.471 e. The SMILES string of the molecule is CC(=O)N1CCN(C(=O)C(F)(F)F)c2ccccc21. The summed E-state index contributed by atoms with van der Waals surface area (Å²) in [7, 11) is 0. The molecule has 4 nitrogen and oxygen atoms in total. The number of hydrogen-bond acceptors (Lipinski definition) is 2. The lowest BCUT2D eigenvalue weighted by Crippen LogP contribution is -2.49. The number of amides is 2. The zero-order valence-corrected chi connectivity index (χ0v) is 10.1. The highest BCUT2D eigenvalue weighted by molar-refractivity contribution is 6.05. The molecule has 102 valence electrons. The first-order valence-electron chi connectivity index (χ1n) is 5.58. The van der Waals surface area contributed by atoms with Crippen molar-refractivity contribution in [3.05, 3.63) is 24.3 Å². The molecule has 0 aromatic heterocycles. The van der Waals surface area contributed by atoms with Gasteiger partial charge in [0.25, 0.3) is 0 Å². The third kappa shape index (κ3) is 2.40. The second kappa shape index (κ2) is 4.56. The van der Waals surface area contributed by atoms with Gasteiger partial charge in [-0.05, 0) is 12.1 Å². The van der Waals surface area contributed by atoms with E-state index in [1.165, 1.54) is 30.0 Å². The molecule has 7 heteroatoms. The predicted octanol–water partition coefficient (Wildman–Crippen LogP) is 1.95. The third-order valence-corrected chi connectivity index (χ3v) is 2.88. The number of halogens is 3. The van der Waals surface area contributed by atoms with Gasteiger partial charge in [-0.25, -0.2) is 0 Å². The molecular weight excluding hydrogens is 261 g/mol. The summed E-state index contributed by atoms with van der Waals surface area (Å²) < 4.78 is 37.5. The van der Waals surface area contributed by atoms with Crippen LogP contribution >= 0.6 is 0 Å². The molecule has 1 aromatic rings. The van der Waals surface area contributed by atoms with E-state index < -0.39 is 12.1 Å². The van der Waals surface area contributed by atoms with Gasteiger partial charge in [-0.3, -0.25) is 9.59 Å².